The standard InChI is InChI=1S/C24H25N5O2/c25-12-15-4-3-7-16-19-13-29(11-8-20(19)27-21(15)16)23(31)18-6-2-1-5-17(18)22(30)28-24(14-26)9-10-24/h3-4,7,17-18,27H,1-2,5-6,8-11,13H2,(H,28,30)/t17?,18-/m1/s1. The number of amides is 2. The van der Waals surface area contributed by atoms with Crippen molar-refractivity contribution in [3.05, 3.63) is 35.0 Å². The molecular weight excluding hydrogens is 390 g/mol. The maximum Gasteiger partial charge on any atom is 0.226 e. The molecule has 2 atom stereocenters. The minimum Gasteiger partial charge on any atom is -0.357 e. The lowest BCUT2D eigenvalue weighted by molar-refractivity contribution is -0.144. The van der Waals surface area contributed by atoms with E-state index in [2.05, 4.69) is 22.4 Å². The smallest absolute Gasteiger partial charge is 0.226 e. The second kappa shape index (κ2) is 7.42. The monoisotopic (exact) mass is 415 g/mol. The van der Waals surface area contributed by atoms with Gasteiger partial charge in [0.1, 0.15) is 11.6 Å². The number of nitrogens with zero attached hydrogens (tertiary/aromatic N) is 3. The first-order valence-corrected chi connectivity index (χ1v) is 11.1. The van der Waals surface area contributed by atoms with Gasteiger partial charge in [-0.3, -0.25) is 9.59 Å². The molecule has 2 aromatic rings. The van der Waals surface area contributed by atoms with Crippen molar-refractivity contribution in [3.8, 4) is 12.1 Å². The topological polar surface area (TPSA) is 113 Å². The fourth-order valence-electron chi connectivity index (χ4n) is 5.21. The molecule has 0 spiro atoms. The summed E-state index contributed by atoms with van der Waals surface area (Å²) >= 11 is 0. The van der Waals surface area contributed by atoms with Gasteiger partial charge in [0.15, 0.2) is 0 Å². The van der Waals surface area contributed by atoms with E-state index in [4.69, 9.17) is 0 Å². The van der Waals surface area contributed by atoms with Crippen LogP contribution < -0.4 is 5.32 Å². The van der Waals surface area contributed by atoms with Crippen molar-refractivity contribution in [3.63, 3.8) is 0 Å². The first-order valence-electron chi connectivity index (χ1n) is 11.1. The van der Waals surface area contributed by atoms with Gasteiger partial charge >= 0.3 is 0 Å². The van der Waals surface area contributed by atoms with Crippen LogP contribution in [0.25, 0.3) is 10.9 Å². The molecule has 1 aliphatic heterocycles. The van der Waals surface area contributed by atoms with Gasteiger partial charge in [0, 0.05) is 48.0 Å². The molecule has 2 aliphatic carbocycles. The van der Waals surface area contributed by atoms with Crippen LogP contribution in [0.4, 0.5) is 0 Å². The Morgan fingerprint density at radius 3 is 2.65 bits per heavy atom. The third-order valence-corrected chi connectivity index (χ3v) is 7.19. The highest BCUT2D eigenvalue weighted by Gasteiger charge is 2.47. The van der Waals surface area contributed by atoms with Gasteiger partial charge in [0.2, 0.25) is 11.8 Å². The Bertz CT molecular complexity index is 1150. The Kier molecular flexibility index (Phi) is 4.70. The van der Waals surface area contributed by atoms with Gasteiger partial charge < -0.3 is 15.2 Å². The van der Waals surface area contributed by atoms with Crippen LogP contribution in [0, 0.1) is 34.5 Å². The number of nitriles is 2. The molecule has 158 valence electrons. The molecular formula is C24H25N5O2. The maximum absolute atomic E-state index is 13.5. The zero-order valence-electron chi connectivity index (χ0n) is 17.4. The van der Waals surface area contributed by atoms with Crippen LogP contribution in [-0.2, 0) is 22.6 Å². The Labute approximate surface area is 181 Å². The molecule has 2 saturated carbocycles. The van der Waals surface area contributed by atoms with Gasteiger partial charge in [0.25, 0.3) is 0 Å². The highest BCUT2D eigenvalue weighted by atomic mass is 16.2. The van der Waals surface area contributed by atoms with Crippen LogP contribution in [-0.4, -0.2) is 33.8 Å². The van der Waals surface area contributed by atoms with E-state index >= 15 is 0 Å². The highest BCUT2D eigenvalue weighted by molar-refractivity contribution is 5.91. The van der Waals surface area contributed by atoms with Crippen LogP contribution in [0.5, 0.6) is 0 Å². The molecule has 7 heteroatoms. The SMILES string of the molecule is N#Cc1cccc2c3c([nH]c12)CCN(C(=O)[C@@H]1CCCCC1C(=O)NC1(C#N)CC1)C3. The molecule has 1 aromatic heterocycles. The molecule has 1 aromatic carbocycles. The zero-order chi connectivity index (χ0) is 21.6. The van der Waals surface area contributed by atoms with E-state index in [9.17, 15) is 20.1 Å². The third kappa shape index (κ3) is 3.35. The van der Waals surface area contributed by atoms with Gasteiger partial charge in [-0.25, -0.2) is 0 Å². The lowest BCUT2D eigenvalue weighted by Gasteiger charge is -2.36. The summed E-state index contributed by atoms with van der Waals surface area (Å²) in [6.45, 7) is 1.10. The predicted molar refractivity (Wildman–Crippen MR) is 113 cm³/mol. The molecule has 1 unspecified atom stereocenters. The lowest BCUT2D eigenvalue weighted by Crippen LogP contribution is -2.48. The molecule has 5 rings (SSSR count). The van der Waals surface area contributed by atoms with Crippen molar-refractivity contribution < 1.29 is 9.59 Å². The van der Waals surface area contributed by atoms with Crippen molar-refractivity contribution in [2.75, 3.05) is 6.54 Å². The van der Waals surface area contributed by atoms with Crippen LogP contribution in [0.1, 0.15) is 55.3 Å². The predicted octanol–water partition coefficient (Wildman–Crippen LogP) is 2.90. The number of rotatable bonds is 3. The maximum atomic E-state index is 13.5. The van der Waals surface area contributed by atoms with Gasteiger partial charge in [-0.2, -0.15) is 10.5 Å². The number of H-pyrrole nitrogens is 1. The molecule has 0 radical (unpaired) electrons. The highest BCUT2D eigenvalue weighted by Crippen LogP contribution is 2.38. The normalized spacial score (nSPS) is 24.0. The average Bonchev–Trinajstić information content (AvgIpc) is 3.48. The van der Waals surface area contributed by atoms with E-state index in [1.807, 2.05) is 17.0 Å². The van der Waals surface area contributed by atoms with Crippen molar-refractivity contribution in [1.82, 2.24) is 15.2 Å². The number of carbonyl (C=O) groups excluding carboxylic acids is 2. The van der Waals surface area contributed by atoms with Gasteiger partial charge in [-0.15, -0.1) is 0 Å². The largest absolute Gasteiger partial charge is 0.357 e. The summed E-state index contributed by atoms with van der Waals surface area (Å²) in [5.74, 6) is -0.787. The molecule has 31 heavy (non-hydrogen) atoms. The molecule has 3 aliphatic rings. The summed E-state index contributed by atoms with van der Waals surface area (Å²) in [5.41, 5.74) is 2.91. The Balaban J connectivity index is 1.37. The van der Waals surface area contributed by atoms with E-state index < -0.39 is 5.54 Å². The van der Waals surface area contributed by atoms with Crippen molar-refractivity contribution in [1.29, 1.82) is 10.5 Å². The van der Waals surface area contributed by atoms with E-state index in [0.717, 1.165) is 35.0 Å². The molecule has 0 saturated heterocycles. The van der Waals surface area contributed by atoms with Crippen LogP contribution >= 0.6 is 0 Å². The van der Waals surface area contributed by atoms with Crippen molar-refractivity contribution in [2.24, 2.45) is 11.8 Å². The van der Waals surface area contributed by atoms with E-state index in [1.54, 1.807) is 6.07 Å². The van der Waals surface area contributed by atoms with Crippen molar-refractivity contribution in [2.45, 2.75) is 57.0 Å². The minimum absolute atomic E-state index is 0.0399. The number of fused-ring (bicyclic) bond motifs is 3. The number of nitrogens with one attached hydrogen (secondary N) is 2. The Hall–Kier alpha value is -3.32. The van der Waals surface area contributed by atoms with E-state index in [1.165, 1.54) is 0 Å². The average molecular weight is 415 g/mol. The summed E-state index contributed by atoms with van der Waals surface area (Å²) < 4.78 is 0. The number of aromatic nitrogens is 1. The van der Waals surface area contributed by atoms with Crippen LogP contribution in [0.2, 0.25) is 0 Å². The lowest BCUT2D eigenvalue weighted by atomic mass is 9.77. The fraction of sp³-hybridized carbons (Fsp3) is 0.500. The summed E-state index contributed by atoms with van der Waals surface area (Å²) in [5, 5.41) is 22.6. The zero-order valence-corrected chi connectivity index (χ0v) is 17.4. The molecule has 7 nitrogen and oxygen atoms in total. The summed E-state index contributed by atoms with van der Waals surface area (Å²) in [6, 6.07) is 10.1. The second-order valence-corrected chi connectivity index (χ2v) is 9.11. The minimum atomic E-state index is -0.704. The fourth-order valence-corrected chi connectivity index (χ4v) is 5.21. The molecule has 2 amide bonds. The van der Waals surface area contributed by atoms with Gasteiger partial charge in [-0.1, -0.05) is 25.0 Å². The number of para-hydroxylation sites is 1. The summed E-state index contributed by atoms with van der Waals surface area (Å²) in [4.78, 5) is 31.7. The molecule has 2 N–H and O–H groups in total. The number of carbonyl (C=O) groups is 2. The molecule has 0 bridgehead atoms. The first kappa shape index (κ1) is 19.6. The second-order valence-electron chi connectivity index (χ2n) is 9.11. The number of hydrogen-bond donors (Lipinski definition) is 2. The quantitative estimate of drug-likeness (QED) is 0.802. The van der Waals surface area contributed by atoms with Gasteiger partial charge in [-0.05, 0) is 31.7 Å². The molecule has 2 fully saturated rings. The third-order valence-electron chi connectivity index (χ3n) is 7.19. The van der Waals surface area contributed by atoms with E-state index in [0.29, 0.717) is 50.8 Å². The van der Waals surface area contributed by atoms with Crippen molar-refractivity contribution >= 4 is 22.7 Å². The number of aromatic amines is 1. The van der Waals surface area contributed by atoms with Gasteiger partial charge in [0.05, 0.1) is 17.1 Å². The summed E-state index contributed by atoms with van der Waals surface area (Å²) in [6.07, 6.45) is 5.39. The Morgan fingerprint density at radius 1 is 1.16 bits per heavy atom. The molecule has 2 heterocycles. The van der Waals surface area contributed by atoms with Crippen LogP contribution in [0.3, 0.4) is 0 Å². The van der Waals surface area contributed by atoms with E-state index in [-0.39, 0.29) is 23.7 Å². The number of benzene rings is 1. The Morgan fingerprint density at radius 2 is 1.94 bits per heavy atom. The number of hydrogen-bond acceptors (Lipinski definition) is 4. The summed E-state index contributed by atoms with van der Waals surface area (Å²) in [7, 11) is 0. The first-order chi connectivity index (χ1) is 15.0. The van der Waals surface area contributed by atoms with Crippen LogP contribution in [0.15, 0.2) is 18.2 Å².